The van der Waals surface area contributed by atoms with Crippen LogP contribution in [0.25, 0.3) is 16.5 Å². The van der Waals surface area contributed by atoms with Crippen LogP contribution in [-0.4, -0.2) is 44.9 Å². The maximum atomic E-state index is 10.3. The highest BCUT2D eigenvalue weighted by atomic mass is 35.5. The zero-order valence-electron chi connectivity index (χ0n) is 18.7. The number of hydrogen-bond acceptors (Lipinski definition) is 3. The lowest BCUT2D eigenvalue weighted by atomic mass is 9.82. The molecule has 1 aliphatic carbocycles. The van der Waals surface area contributed by atoms with Gasteiger partial charge in [0.05, 0.1) is 16.5 Å². The number of aliphatic hydroxyl groups is 1. The predicted octanol–water partition coefficient (Wildman–Crippen LogP) is 6.50. The number of allylic oxidation sites excluding steroid dienone is 3. The fourth-order valence-corrected chi connectivity index (χ4v) is 5.66. The van der Waals surface area contributed by atoms with Crippen molar-refractivity contribution in [2.75, 3.05) is 13.1 Å². The monoisotopic (exact) mass is 461 g/mol. The summed E-state index contributed by atoms with van der Waals surface area (Å²) in [6.45, 7) is 11.8. The van der Waals surface area contributed by atoms with Gasteiger partial charge in [0, 0.05) is 41.2 Å². The van der Waals surface area contributed by atoms with Gasteiger partial charge in [-0.2, -0.15) is 5.10 Å². The third-order valence-electron chi connectivity index (χ3n) is 7.01. The molecule has 2 heterocycles. The molecule has 2 aromatic rings. The Morgan fingerprint density at radius 2 is 2.06 bits per heavy atom. The summed E-state index contributed by atoms with van der Waals surface area (Å²) in [5.74, 6) is 0.474. The number of hydrogen-bond donors (Lipinski definition) is 2. The summed E-state index contributed by atoms with van der Waals surface area (Å²) in [4.78, 5) is 2.48. The number of halogens is 2. The third-order valence-corrected chi connectivity index (χ3v) is 7.35. The largest absolute Gasteiger partial charge is 0.389 e. The van der Waals surface area contributed by atoms with Crippen molar-refractivity contribution in [2.24, 2.45) is 0 Å². The molecular formula is C25H33Cl2N3O. The van der Waals surface area contributed by atoms with Crippen LogP contribution in [-0.2, 0) is 0 Å². The van der Waals surface area contributed by atoms with Gasteiger partial charge in [-0.1, -0.05) is 18.2 Å². The average Bonchev–Trinajstić information content (AvgIpc) is 3.29. The summed E-state index contributed by atoms with van der Waals surface area (Å²) in [6.07, 6.45) is 7.34. The summed E-state index contributed by atoms with van der Waals surface area (Å²) < 4.78 is 0. The van der Waals surface area contributed by atoms with Crippen LogP contribution in [0.15, 0.2) is 29.8 Å². The second-order valence-corrected chi connectivity index (χ2v) is 10.9. The van der Waals surface area contributed by atoms with Crippen molar-refractivity contribution in [3.63, 3.8) is 0 Å². The van der Waals surface area contributed by atoms with Crippen molar-refractivity contribution in [2.45, 2.75) is 75.8 Å². The molecule has 2 fully saturated rings. The minimum atomic E-state index is -0.524. The Balaban J connectivity index is 1.56. The van der Waals surface area contributed by atoms with E-state index in [-0.39, 0.29) is 5.38 Å². The van der Waals surface area contributed by atoms with Gasteiger partial charge in [-0.25, -0.2) is 0 Å². The van der Waals surface area contributed by atoms with Crippen molar-refractivity contribution in [3.8, 4) is 0 Å². The number of aromatic nitrogens is 2. The second-order valence-electron chi connectivity index (χ2n) is 9.69. The van der Waals surface area contributed by atoms with Gasteiger partial charge in [0.25, 0.3) is 0 Å². The van der Waals surface area contributed by atoms with E-state index in [4.69, 9.17) is 23.2 Å². The van der Waals surface area contributed by atoms with Crippen molar-refractivity contribution >= 4 is 39.7 Å². The first-order valence-corrected chi connectivity index (χ1v) is 12.1. The summed E-state index contributed by atoms with van der Waals surface area (Å²) >= 11 is 12.6. The maximum absolute atomic E-state index is 10.3. The SMILES string of the molecule is C=C(/C=C(\C)Cl)c1cc2n[nH]c(C3CCC(N4CCC(C)(O)C4)CC3)c2cc1C(C)Cl. The van der Waals surface area contributed by atoms with E-state index in [9.17, 15) is 5.11 Å². The van der Waals surface area contributed by atoms with E-state index in [1.165, 1.54) is 5.69 Å². The van der Waals surface area contributed by atoms with Gasteiger partial charge >= 0.3 is 0 Å². The van der Waals surface area contributed by atoms with E-state index in [0.29, 0.717) is 17.0 Å². The van der Waals surface area contributed by atoms with E-state index >= 15 is 0 Å². The van der Waals surface area contributed by atoms with Gasteiger partial charge in [-0.05, 0) is 87.8 Å². The number of β-amino-alcohol motifs (C(OH)–C–C–N with tert-alkyl or cyclic N) is 1. The fraction of sp³-hybridized carbons (Fsp3) is 0.560. The number of H-pyrrole nitrogens is 1. The first kappa shape index (κ1) is 22.8. The van der Waals surface area contributed by atoms with E-state index in [1.807, 2.05) is 26.8 Å². The van der Waals surface area contributed by atoms with Gasteiger partial charge in [-0.3, -0.25) is 10.00 Å². The van der Waals surface area contributed by atoms with Gasteiger partial charge < -0.3 is 5.11 Å². The average molecular weight is 462 g/mol. The fourth-order valence-electron chi connectivity index (χ4n) is 5.35. The highest BCUT2D eigenvalue weighted by molar-refractivity contribution is 6.30. The van der Waals surface area contributed by atoms with Crippen LogP contribution in [0.3, 0.4) is 0 Å². The summed E-state index contributed by atoms with van der Waals surface area (Å²) in [6, 6.07) is 4.85. The molecule has 4 nitrogen and oxygen atoms in total. The number of alkyl halides is 1. The van der Waals surface area contributed by atoms with Crippen LogP contribution >= 0.6 is 23.2 Å². The number of fused-ring (bicyclic) bond motifs is 1. The summed E-state index contributed by atoms with van der Waals surface area (Å²) in [5.41, 5.74) is 4.56. The Morgan fingerprint density at radius 3 is 2.65 bits per heavy atom. The van der Waals surface area contributed by atoms with Gasteiger partial charge in [-0.15, -0.1) is 11.6 Å². The zero-order valence-corrected chi connectivity index (χ0v) is 20.2. The maximum Gasteiger partial charge on any atom is 0.0930 e. The lowest BCUT2D eigenvalue weighted by Gasteiger charge is -2.34. The minimum Gasteiger partial charge on any atom is -0.389 e. The van der Waals surface area contributed by atoms with Gasteiger partial charge in [0.15, 0.2) is 0 Å². The molecule has 0 amide bonds. The van der Waals surface area contributed by atoms with Crippen LogP contribution in [0.5, 0.6) is 0 Å². The summed E-state index contributed by atoms with van der Waals surface area (Å²) in [7, 11) is 0. The smallest absolute Gasteiger partial charge is 0.0930 e. The van der Waals surface area contributed by atoms with E-state index in [0.717, 1.165) is 72.8 Å². The molecule has 168 valence electrons. The topological polar surface area (TPSA) is 52.2 Å². The molecule has 1 saturated heterocycles. The Kier molecular flexibility index (Phi) is 6.56. The molecule has 0 spiro atoms. The minimum absolute atomic E-state index is 0.137. The van der Waals surface area contributed by atoms with E-state index in [2.05, 4.69) is 33.8 Å². The Labute approximate surface area is 195 Å². The highest BCUT2D eigenvalue weighted by Crippen LogP contribution is 2.40. The number of nitrogens with zero attached hydrogens (tertiary/aromatic N) is 2. The number of benzene rings is 1. The van der Waals surface area contributed by atoms with E-state index < -0.39 is 5.60 Å². The van der Waals surface area contributed by atoms with Crippen molar-refractivity contribution in [3.05, 3.63) is 46.6 Å². The highest BCUT2D eigenvalue weighted by Gasteiger charge is 2.37. The molecule has 2 unspecified atom stereocenters. The molecule has 0 radical (unpaired) electrons. The molecule has 4 rings (SSSR count). The van der Waals surface area contributed by atoms with Gasteiger partial charge in [0.1, 0.15) is 0 Å². The molecule has 2 aliphatic rings. The van der Waals surface area contributed by atoms with Crippen LogP contribution in [0.4, 0.5) is 0 Å². The van der Waals surface area contributed by atoms with Crippen molar-refractivity contribution in [1.82, 2.24) is 15.1 Å². The van der Waals surface area contributed by atoms with Crippen molar-refractivity contribution in [1.29, 1.82) is 0 Å². The van der Waals surface area contributed by atoms with E-state index in [1.54, 1.807) is 0 Å². The molecule has 2 atom stereocenters. The Morgan fingerprint density at radius 1 is 1.35 bits per heavy atom. The number of likely N-dealkylation sites (tertiary alicyclic amines) is 1. The summed E-state index contributed by atoms with van der Waals surface area (Å²) in [5, 5.41) is 20.0. The first-order valence-electron chi connectivity index (χ1n) is 11.3. The van der Waals surface area contributed by atoms with Crippen LogP contribution in [0.2, 0.25) is 0 Å². The number of rotatable bonds is 5. The van der Waals surface area contributed by atoms with Gasteiger partial charge in [0.2, 0.25) is 0 Å². The molecule has 31 heavy (non-hydrogen) atoms. The zero-order chi connectivity index (χ0) is 22.3. The normalized spacial score (nSPS) is 28.9. The molecule has 2 N–H and O–H groups in total. The number of nitrogens with one attached hydrogen (secondary N) is 1. The molecule has 1 aromatic carbocycles. The Hall–Kier alpha value is -1.33. The molecule has 1 aliphatic heterocycles. The molecule has 6 heteroatoms. The third kappa shape index (κ3) is 4.88. The first-order chi connectivity index (χ1) is 14.6. The molecule has 0 bridgehead atoms. The lowest BCUT2D eigenvalue weighted by Crippen LogP contribution is -2.39. The van der Waals surface area contributed by atoms with Crippen LogP contribution < -0.4 is 0 Å². The second kappa shape index (κ2) is 8.90. The quantitative estimate of drug-likeness (QED) is 0.394. The standard InChI is InChI=1S/C25H33Cl2N3O/c1-15(11-16(2)26)20-13-23-22(12-21(20)17(3)27)24(29-28-23)18-5-7-19(8-6-18)30-10-9-25(4,31)14-30/h11-13,17-19,31H,1,5-10,14H2,2-4H3,(H,28,29)/b16-11+. The number of aromatic amines is 1. The van der Waals surface area contributed by atoms with Crippen LogP contribution in [0.1, 0.15) is 81.0 Å². The molecule has 1 aromatic heterocycles. The lowest BCUT2D eigenvalue weighted by molar-refractivity contribution is 0.0574. The molecular weight excluding hydrogens is 429 g/mol. The molecule has 1 saturated carbocycles. The Bertz CT molecular complexity index is 996. The van der Waals surface area contributed by atoms with Crippen molar-refractivity contribution < 1.29 is 5.11 Å². The van der Waals surface area contributed by atoms with Crippen LogP contribution in [0, 0.1) is 0 Å². The predicted molar refractivity (Wildman–Crippen MR) is 131 cm³/mol.